The van der Waals surface area contributed by atoms with Crippen LogP contribution in [0.5, 0.6) is 0 Å². The number of hydrogen-bond acceptors (Lipinski definition) is 9. The molecule has 0 aliphatic carbocycles. The molecule has 11 heteroatoms. The molecule has 10 nitrogen and oxygen atoms in total. The summed E-state index contributed by atoms with van der Waals surface area (Å²) in [4.78, 5) is 27.6. The monoisotopic (exact) mass is 477 g/mol. The van der Waals surface area contributed by atoms with Crippen LogP contribution in [-0.4, -0.2) is 66.0 Å². The highest BCUT2D eigenvalue weighted by Gasteiger charge is 2.45. The van der Waals surface area contributed by atoms with Gasteiger partial charge in [0.1, 0.15) is 10.7 Å². The summed E-state index contributed by atoms with van der Waals surface area (Å²) in [5.74, 6) is 0.674. The highest BCUT2D eigenvalue weighted by Crippen LogP contribution is 2.36. The van der Waals surface area contributed by atoms with E-state index in [-0.39, 0.29) is 12.5 Å². The number of carbonyl (C=O) groups is 1. The lowest BCUT2D eigenvalue weighted by Crippen LogP contribution is -2.36. The van der Waals surface area contributed by atoms with Crippen molar-refractivity contribution in [3.8, 4) is 22.0 Å². The first-order valence-electron chi connectivity index (χ1n) is 10.8. The van der Waals surface area contributed by atoms with Crippen LogP contribution in [0.15, 0.2) is 54.2 Å². The van der Waals surface area contributed by atoms with Crippen molar-refractivity contribution in [2.24, 2.45) is 0 Å². The quantitative estimate of drug-likeness (QED) is 0.370. The number of aliphatic hydroxyl groups is 2. The van der Waals surface area contributed by atoms with E-state index in [2.05, 4.69) is 20.4 Å². The number of likely N-dealkylation sites (N-methyl/N-ethyl adjacent to an activating group) is 1. The molecule has 1 aliphatic heterocycles. The first-order valence-corrected chi connectivity index (χ1v) is 11.6. The Labute approximate surface area is 199 Å². The predicted octanol–water partition coefficient (Wildman–Crippen LogP) is 2.25. The second-order valence-corrected chi connectivity index (χ2v) is 8.89. The van der Waals surface area contributed by atoms with Crippen LogP contribution in [0, 0.1) is 0 Å². The topological polar surface area (TPSA) is 129 Å². The summed E-state index contributed by atoms with van der Waals surface area (Å²) in [6.45, 7) is 0.940. The molecule has 0 bridgehead atoms. The van der Waals surface area contributed by atoms with Gasteiger partial charge in [0.05, 0.1) is 18.8 Å². The highest BCUT2D eigenvalue weighted by molar-refractivity contribution is 7.13. The molecule has 1 amide bonds. The van der Waals surface area contributed by atoms with Crippen molar-refractivity contribution in [2.75, 3.05) is 25.5 Å². The molecule has 1 aromatic carbocycles. The summed E-state index contributed by atoms with van der Waals surface area (Å²) in [5.41, 5.74) is 1.24. The van der Waals surface area contributed by atoms with Gasteiger partial charge in [0.25, 0.3) is 5.91 Å². The fourth-order valence-electron chi connectivity index (χ4n) is 3.89. The van der Waals surface area contributed by atoms with Gasteiger partial charge in [-0.3, -0.25) is 9.48 Å². The Kier molecular flexibility index (Phi) is 5.82. The van der Waals surface area contributed by atoms with Gasteiger partial charge < -0.3 is 20.4 Å². The second-order valence-electron chi connectivity index (χ2n) is 8.03. The molecule has 1 unspecified atom stereocenters. The Balaban J connectivity index is 1.37. The molecule has 0 saturated carbocycles. The zero-order chi connectivity index (χ0) is 23.7. The lowest BCUT2D eigenvalue weighted by molar-refractivity contribution is -0.143. The fourth-order valence-corrected chi connectivity index (χ4v) is 4.70. The van der Waals surface area contributed by atoms with Gasteiger partial charge in [0.2, 0.25) is 5.95 Å². The Morgan fingerprint density at radius 3 is 2.88 bits per heavy atom. The van der Waals surface area contributed by atoms with Crippen LogP contribution in [0.2, 0.25) is 0 Å². The first-order chi connectivity index (χ1) is 16.5. The summed E-state index contributed by atoms with van der Waals surface area (Å²) in [6, 6.07) is 10.9. The van der Waals surface area contributed by atoms with Crippen LogP contribution >= 0.6 is 11.3 Å². The zero-order valence-corrected chi connectivity index (χ0v) is 19.2. The minimum Gasteiger partial charge on any atom is -0.394 e. The molecular weight excluding hydrogens is 454 g/mol. The first kappa shape index (κ1) is 22.1. The Bertz CT molecular complexity index is 1340. The molecule has 4 heterocycles. The van der Waals surface area contributed by atoms with Gasteiger partial charge in [0.15, 0.2) is 11.4 Å². The molecule has 4 aromatic rings. The third-order valence-corrected chi connectivity index (χ3v) is 6.62. The second kappa shape index (κ2) is 8.93. The van der Waals surface area contributed by atoms with E-state index in [0.29, 0.717) is 48.2 Å². The smallest absolute Gasteiger partial charge is 0.258 e. The lowest BCUT2D eigenvalue weighted by atomic mass is 9.91. The third-order valence-electron chi connectivity index (χ3n) is 5.73. The van der Waals surface area contributed by atoms with Crippen LogP contribution in [0.25, 0.3) is 22.0 Å². The van der Waals surface area contributed by atoms with E-state index in [0.717, 1.165) is 10.6 Å². The van der Waals surface area contributed by atoms with Crippen molar-refractivity contribution in [2.45, 2.75) is 18.6 Å². The molecule has 1 fully saturated rings. The molecule has 3 N–H and O–H groups in total. The number of carbonyl (C=O) groups excluding carboxylic acids is 1. The number of likely N-dealkylation sites (tertiary alicyclic amines) is 1. The SMILES string of the molecule is CN1CCC(O)(c2cccc(-c3nc(-c4ccnc(Nc5ccn(CCO)n5)n4)cs3)c2)C1=O. The predicted molar refractivity (Wildman–Crippen MR) is 127 cm³/mol. The maximum Gasteiger partial charge on any atom is 0.258 e. The van der Waals surface area contributed by atoms with Gasteiger partial charge in [-0.1, -0.05) is 18.2 Å². The van der Waals surface area contributed by atoms with Gasteiger partial charge in [-0.2, -0.15) is 5.10 Å². The zero-order valence-electron chi connectivity index (χ0n) is 18.4. The Morgan fingerprint density at radius 2 is 2.09 bits per heavy atom. The van der Waals surface area contributed by atoms with Crippen molar-refractivity contribution in [3.63, 3.8) is 0 Å². The molecule has 34 heavy (non-hydrogen) atoms. The molecule has 1 aliphatic rings. The maximum atomic E-state index is 12.5. The van der Waals surface area contributed by atoms with Gasteiger partial charge in [0, 0.05) is 49.4 Å². The van der Waals surface area contributed by atoms with Gasteiger partial charge in [-0.25, -0.2) is 15.0 Å². The number of nitrogens with one attached hydrogen (secondary N) is 1. The van der Waals surface area contributed by atoms with Crippen LogP contribution in [0.4, 0.5) is 11.8 Å². The molecule has 1 saturated heterocycles. The minimum absolute atomic E-state index is 0.00875. The minimum atomic E-state index is -1.50. The van der Waals surface area contributed by atoms with Crippen LogP contribution < -0.4 is 5.32 Å². The largest absolute Gasteiger partial charge is 0.394 e. The number of hydrogen-bond donors (Lipinski definition) is 3. The highest BCUT2D eigenvalue weighted by atomic mass is 32.1. The Morgan fingerprint density at radius 1 is 1.21 bits per heavy atom. The van der Waals surface area contributed by atoms with Crippen molar-refractivity contribution < 1.29 is 15.0 Å². The van der Waals surface area contributed by atoms with E-state index in [4.69, 9.17) is 10.1 Å². The van der Waals surface area contributed by atoms with Crippen molar-refractivity contribution in [3.05, 3.63) is 59.7 Å². The fraction of sp³-hybridized carbons (Fsp3) is 0.261. The third kappa shape index (κ3) is 4.16. The number of thiazole rings is 1. The number of nitrogens with zero attached hydrogens (tertiary/aromatic N) is 6. The number of rotatable bonds is 7. The molecule has 3 aromatic heterocycles. The average Bonchev–Trinajstić information content (AvgIpc) is 3.58. The van der Waals surface area contributed by atoms with Gasteiger partial charge >= 0.3 is 0 Å². The average molecular weight is 478 g/mol. The number of amides is 1. The van der Waals surface area contributed by atoms with Crippen molar-refractivity contribution in [1.82, 2.24) is 29.6 Å². The molecule has 0 spiro atoms. The maximum absolute atomic E-state index is 12.5. The van der Waals surface area contributed by atoms with E-state index in [9.17, 15) is 9.90 Å². The standard InChI is InChI=1S/C23H23N7O3S/c1-29-10-7-23(33,21(29)32)16-4-2-3-15(13-16)20-25-18(14-34-20)17-5-8-24-22(26-17)27-19-6-9-30(28-19)11-12-31/h2-6,8-9,13-14,31,33H,7,10-12H2,1H3,(H,24,26,27,28). The lowest BCUT2D eigenvalue weighted by Gasteiger charge is -2.21. The molecule has 0 radical (unpaired) electrons. The molecule has 5 rings (SSSR count). The molecule has 174 valence electrons. The summed E-state index contributed by atoms with van der Waals surface area (Å²) >= 11 is 1.46. The van der Waals surface area contributed by atoms with Crippen LogP contribution in [-0.2, 0) is 16.9 Å². The number of anilines is 2. The van der Waals surface area contributed by atoms with E-state index in [1.165, 1.54) is 11.3 Å². The number of benzene rings is 1. The van der Waals surface area contributed by atoms with E-state index >= 15 is 0 Å². The van der Waals surface area contributed by atoms with Crippen molar-refractivity contribution in [1.29, 1.82) is 0 Å². The normalized spacial score (nSPS) is 18.0. The van der Waals surface area contributed by atoms with Crippen molar-refractivity contribution >= 4 is 29.0 Å². The van der Waals surface area contributed by atoms with Gasteiger partial charge in [-0.15, -0.1) is 11.3 Å². The van der Waals surface area contributed by atoms with E-state index in [1.54, 1.807) is 47.2 Å². The van der Waals surface area contributed by atoms with Crippen LogP contribution in [0.1, 0.15) is 12.0 Å². The summed E-state index contributed by atoms with van der Waals surface area (Å²) < 4.78 is 1.63. The number of aromatic nitrogens is 5. The van der Waals surface area contributed by atoms with E-state index < -0.39 is 5.60 Å². The summed E-state index contributed by atoms with van der Waals surface area (Å²) in [6.07, 6.45) is 3.77. The molecule has 1 atom stereocenters. The number of aliphatic hydroxyl groups excluding tert-OH is 1. The van der Waals surface area contributed by atoms with Gasteiger partial charge in [-0.05, 0) is 17.7 Å². The molecular formula is C23H23N7O3S. The Hall–Kier alpha value is -3.67. The summed E-state index contributed by atoms with van der Waals surface area (Å²) in [5, 5.41) is 30.0. The van der Waals surface area contributed by atoms with Crippen LogP contribution in [0.3, 0.4) is 0 Å². The summed E-state index contributed by atoms with van der Waals surface area (Å²) in [7, 11) is 1.70. The van der Waals surface area contributed by atoms with E-state index in [1.807, 2.05) is 23.6 Å².